The van der Waals surface area contributed by atoms with E-state index in [9.17, 15) is 19.2 Å². The van der Waals surface area contributed by atoms with Gasteiger partial charge in [0.1, 0.15) is 12.6 Å². The molecule has 2 saturated heterocycles. The van der Waals surface area contributed by atoms with Gasteiger partial charge in [-0.3, -0.25) is 19.3 Å². The van der Waals surface area contributed by atoms with E-state index >= 15 is 8.78 Å². The summed E-state index contributed by atoms with van der Waals surface area (Å²) in [7, 11) is 0. The standard InChI is InChI=1S/C28H31F2N3O5/c1-19(21-12-6-3-7-13-21)31-26(36)28(29,30)24(34)22-14-8-16-32(22)25(35)23-15-9-17-33(23)27(37)38-18-20-10-4-2-5-11-20/h2-7,10-13,19,22-23H,8-9,14-18H2,1H3,(H,31,36)/t19?,22?,23-/m1/s1. The zero-order valence-electron chi connectivity index (χ0n) is 21.1. The third-order valence-electron chi connectivity index (χ3n) is 7.06. The molecule has 3 atom stereocenters. The number of rotatable bonds is 8. The van der Waals surface area contributed by atoms with E-state index in [4.69, 9.17) is 4.74 Å². The van der Waals surface area contributed by atoms with Gasteiger partial charge in [-0.05, 0) is 43.7 Å². The zero-order chi connectivity index (χ0) is 27.3. The summed E-state index contributed by atoms with van der Waals surface area (Å²) in [5.74, 6) is -8.22. The van der Waals surface area contributed by atoms with Gasteiger partial charge in [-0.1, -0.05) is 60.7 Å². The third-order valence-corrected chi connectivity index (χ3v) is 7.06. The lowest BCUT2D eigenvalue weighted by molar-refractivity contribution is -0.163. The van der Waals surface area contributed by atoms with Gasteiger partial charge in [-0.25, -0.2) is 4.79 Å². The molecule has 1 N–H and O–H groups in total. The van der Waals surface area contributed by atoms with Crippen LogP contribution in [0.2, 0.25) is 0 Å². The highest BCUT2D eigenvalue weighted by molar-refractivity contribution is 6.10. The molecule has 3 amide bonds. The van der Waals surface area contributed by atoms with Gasteiger partial charge in [0.25, 0.3) is 5.91 Å². The van der Waals surface area contributed by atoms with Crippen molar-refractivity contribution in [2.45, 2.75) is 63.3 Å². The fourth-order valence-electron chi connectivity index (χ4n) is 4.97. The Morgan fingerprint density at radius 1 is 0.921 bits per heavy atom. The number of hydrogen-bond acceptors (Lipinski definition) is 5. The van der Waals surface area contributed by atoms with Crippen LogP contribution in [0.25, 0.3) is 0 Å². The quantitative estimate of drug-likeness (QED) is 0.526. The van der Waals surface area contributed by atoms with Gasteiger partial charge in [0.2, 0.25) is 11.7 Å². The molecule has 0 bridgehead atoms. The molecule has 0 radical (unpaired) electrons. The molecule has 4 rings (SSSR count). The number of hydrogen-bond donors (Lipinski definition) is 1. The molecule has 2 heterocycles. The first-order valence-corrected chi connectivity index (χ1v) is 12.8. The number of halogens is 2. The maximum atomic E-state index is 15.0. The van der Waals surface area contributed by atoms with Gasteiger partial charge in [-0.15, -0.1) is 0 Å². The molecule has 8 nitrogen and oxygen atoms in total. The predicted molar refractivity (Wildman–Crippen MR) is 134 cm³/mol. The lowest BCUT2D eigenvalue weighted by Crippen LogP contribution is -2.56. The molecule has 0 spiro atoms. The van der Waals surface area contributed by atoms with Crippen LogP contribution in [-0.2, 0) is 25.7 Å². The average Bonchev–Trinajstić information content (AvgIpc) is 3.62. The summed E-state index contributed by atoms with van der Waals surface area (Å²) in [5.41, 5.74) is 1.40. The van der Waals surface area contributed by atoms with Gasteiger partial charge in [0.05, 0.1) is 12.1 Å². The third kappa shape index (κ3) is 5.84. The van der Waals surface area contributed by atoms with E-state index in [-0.39, 0.29) is 26.1 Å². The summed E-state index contributed by atoms with van der Waals surface area (Å²) in [5, 5.41) is 2.21. The molecule has 0 saturated carbocycles. The minimum Gasteiger partial charge on any atom is -0.445 e. The lowest BCUT2D eigenvalue weighted by atomic mass is 10.0. The van der Waals surface area contributed by atoms with Crippen LogP contribution in [0.15, 0.2) is 60.7 Å². The number of ketones is 1. The molecular weight excluding hydrogens is 496 g/mol. The van der Waals surface area contributed by atoms with Crippen LogP contribution < -0.4 is 5.32 Å². The molecule has 202 valence electrons. The number of nitrogens with zero attached hydrogens (tertiary/aromatic N) is 2. The number of Topliss-reactive ketones (excluding diaryl/α,β-unsaturated/α-hetero) is 1. The maximum Gasteiger partial charge on any atom is 0.410 e. The molecule has 38 heavy (non-hydrogen) atoms. The maximum absolute atomic E-state index is 15.0. The fraction of sp³-hybridized carbons (Fsp3) is 0.429. The van der Waals surface area contributed by atoms with E-state index in [0.29, 0.717) is 24.8 Å². The number of amides is 3. The molecule has 0 aromatic heterocycles. The highest BCUT2D eigenvalue weighted by atomic mass is 19.3. The van der Waals surface area contributed by atoms with Crippen molar-refractivity contribution in [1.29, 1.82) is 0 Å². The summed E-state index contributed by atoms with van der Waals surface area (Å²) in [6.07, 6.45) is 0.561. The van der Waals surface area contributed by atoms with Gasteiger partial charge in [0, 0.05) is 13.1 Å². The molecular formula is C28H31F2N3O5. The van der Waals surface area contributed by atoms with Crippen molar-refractivity contribution in [3.8, 4) is 0 Å². The monoisotopic (exact) mass is 527 g/mol. The Bertz CT molecular complexity index is 1160. The van der Waals surface area contributed by atoms with Crippen molar-refractivity contribution in [3.63, 3.8) is 0 Å². The average molecular weight is 528 g/mol. The smallest absolute Gasteiger partial charge is 0.410 e. The van der Waals surface area contributed by atoms with Crippen LogP contribution in [-0.4, -0.2) is 64.6 Å². The SMILES string of the molecule is CC(NC(=O)C(F)(F)C(=O)C1CCCN1C(=O)[C@H]1CCCN1C(=O)OCc1ccccc1)c1ccccc1. The van der Waals surface area contributed by atoms with E-state index in [0.717, 1.165) is 10.5 Å². The Hall–Kier alpha value is -3.82. The van der Waals surface area contributed by atoms with Crippen molar-refractivity contribution in [2.75, 3.05) is 13.1 Å². The summed E-state index contributed by atoms with van der Waals surface area (Å²) >= 11 is 0. The number of ether oxygens (including phenoxy) is 1. The summed E-state index contributed by atoms with van der Waals surface area (Å²) < 4.78 is 35.4. The number of likely N-dealkylation sites (tertiary alicyclic amines) is 2. The van der Waals surface area contributed by atoms with Crippen molar-refractivity contribution >= 4 is 23.7 Å². The van der Waals surface area contributed by atoms with E-state index < -0.39 is 47.7 Å². The number of carbonyl (C=O) groups excluding carboxylic acids is 4. The molecule has 2 aromatic carbocycles. The molecule has 0 aliphatic carbocycles. The second-order valence-corrected chi connectivity index (χ2v) is 9.63. The van der Waals surface area contributed by atoms with Crippen LogP contribution in [0.3, 0.4) is 0 Å². The first-order chi connectivity index (χ1) is 18.2. The van der Waals surface area contributed by atoms with E-state index in [2.05, 4.69) is 5.32 Å². The van der Waals surface area contributed by atoms with Crippen LogP contribution in [0.5, 0.6) is 0 Å². The Balaban J connectivity index is 1.40. The van der Waals surface area contributed by atoms with E-state index in [1.54, 1.807) is 49.4 Å². The minimum absolute atomic E-state index is 0.0207. The molecule has 2 aliphatic rings. The summed E-state index contributed by atoms with van der Waals surface area (Å²) in [6, 6.07) is 14.5. The fourth-order valence-corrected chi connectivity index (χ4v) is 4.97. The first-order valence-electron chi connectivity index (χ1n) is 12.8. The van der Waals surface area contributed by atoms with Gasteiger partial charge >= 0.3 is 12.0 Å². The van der Waals surface area contributed by atoms with Gasteiger partial charge in [-0.2, -0.15) is 8.78 Å². The summed E-state index contributed by atoms with van der Waals surface area (Å²) in [6.45, 7) is 1.96. The van der Waals surface area contributed by atoms with Crippen molar-refractivity contribution in [2.24, 2.45) is 0 Å². The number of nitrogens with one attached hydrogen (secondary N) is 1. The second-order valence-electron chi connectivity index (χ2n) is 9.63. The Morgan fingerprint density at radius 3 is 2.16 bits per heavy atom. The zero-order valence-corrected chi connectivity index (χ0v) is 21.1. The largest absolute Gasteiger partial charge is 0.445 e. The van der Waals surface area contributed by atoms with Crippen molar-refractivity contribution in [1.82, 2.24) is 15.1 Å². The molecule has 2 fully saturated rings. The Kier molecular flexibility index (Phi) is 8.38. The molecule has 2 aromatic rings. The van der Waals surface area contributed by atoms with Crippen LogP contribution >= 0.6 is 0 Å². The van der Waals surface area contributed by atoms with Crippen LogP contribution in [0, 0.1) is 0 Å². The molecule has 10 heteroatoms. The van der Waals surface area contributed by atoms with Crippen LogP contribution in [0.1, 0.15) is 49.8 Å². The van der Waals surface area contributed by atoms with Gasteiger partial charge < -0.3 is 15.0 Å². The first kappa shape index (κ1) is 27.2. The number of benzene rings is 2. The Labute approximate surface area is 219 Å². The number of carbonyl (C=O) groups is 4. The predicted octanol–water partition coefficient (Wildman–Crippen LogP) is 3.86. The van der Waals surface area contributed by atoms with E-state index in [1.165, 1.54) is 4.90 Å². The topological polar surface area (TPSA) is 96.0 Å². The second kappa shape index (κ2) is 11.7. The van der Waals surface area contributed by atoms with Crippen molar-refractivity contribution in [3.05, 3.63) is 71.8 Å². The highest BCUT2D eigenvalue weighted by Gasteiger charge is 2.54. The Morgan fingerprint density at radius 2 is 1.50 bits per heavy atom. The summed E-state index contributed by atoms with van der Waals surface area (Å²) in [4.78, 5) is 53.9. The minimum atomic E-state index is -4.32. The normalized spacial score (nSPS) is 20.2. The highest BCUT2D eigenvalue weighted by Crippen LogP contribution is 2.30. The van der Waals surface area contributed by atoms with Crippen LogP contribution in [0.4, 0.5) is 13.6 Å². The molecule has 2 aliphatic heterocycles. The van der Waals surface area contributed by atoms with E-state index in [1.807, 2.05) is 18.2 Å². The lowest BCUT2D eigenvalue weighted by Gasteiger charge is -2.31. The van der Waals surface area contributed by atoms with Crippen molar-refractivity contribution < 1.29 is 32.7 Å². The van der Waals surface area contributed by atoms with Gasteiger partial charge in [0.15, 0.2) is 0 Å². The molecule has 2 unspecified atom stereocenters. The number of alkyl halides is 2.